The van der Waals surface area contributed by atoms with Gasteiger partial charge in [-0.2, -0.15) is 0 Å². The van der Waals surface area contributed by atoms with Gasteiger partial charge in [0.1, 0.15) is 22.3 Å². The van der Waals surface area contributed by atoms with Crippen molar-refractivity contribution in [3.8, 4) is 56.4 Å². The van der Waals surface area contributed by atoms with E-state index in [-0.39, 0.29) is 0 Å². The van der Waals surface area contributed by atoms with Crippen molar-refractivity contribution in [3.05, 3.63) is 200 Å². The fourth-order valence-electron chi connectivity index (χ4n) is 9.66. The van der Waals surface area contributed by atoms with Crippen molar-refractivity contribution in [3.63, 3.8) is 0 Å². The number of para-hydroxylation sites is 1. The monoisotopic (exact) mass is 847 g/mol. The average Bonchev–Trinajstić information content (AvgIpc) is 4.06. The zero-order valence-electron chi connectivity index (χ0n) is 34.6. The van der Waals surface area contributed by atoms with Gasteiger partial charge < -0.3 is 8.83 Å². The van der Waals surface area contributed by atoms with Crippen LogP contribution in [0.2, 0.25) is 0 Å². The number of furan rings is 2. The Morgan fingerprint density at radius 1 is 0.292 bits per heavy atom. The molecule has 0 saturated heterocycles. The van der Waals surface area contributed by atoms with Gasteiger partial charge in [0.25, 0.3) is 0 Å². The molecule has 0 N–H and O–H groups in total. The van der Waals surface area contributed by atoms with E-state index >= 15 is 0 Å². The van der Waals surface area contributed by atoms with E-state index in [0.29, 0.717) is 17.5 Å². The highest BCUT2D eigenvalue weighted by Gasteiger charge is 2.18. The van der Waals surface area contributed by atoms with Crippen LogP contribution in [0.25, 0.3) is 142 Å². The SMILES string of the molecule is c1ccc2cc(-c3nc(-c4ccc5cc(-c6cccc7oc8ccc(-c9ccc%10c(c9)sc9ccccc9%10)cc8c67)ccc5c4)nc(-c4ccc5c(c4)oc4ccccc45)n3)ccc2c1. The Hall–Kier alpha value is -8.45. The molecule has 0 aliphatic rings. The van der Waals surface area contributed by atoms with E-state index in [1.165, 1.54) is 31.3 Å². The minimum Gasteiger partial charge on any atom is -0.456 e. The molecule has 0 fully saturated rings. The second-order valence-electron chi connectivity index (χ2n) is 16.8. The summed E-state index contributed by atoms with van der Waals surface area (Å²) in [7, 11) is 0. The van der Waals surface area contributed by atoms with Crippen molar-refractivity contribution >= 4 is 96.9 Å². The Kier molecular flexibility index (Phi) is 7.79. The maximum atomic E-state index is 6.48. The van der Waals surface area contributed by atoms with E-state index in [1.807, 2.05) is 35.6 Å². The van der Waals surface area contributed by atoms with Crippen LogP contribution in [0.3, 0.4) is 0 Å². The molecule has 14 aromatic rings. The Labute approximate surface area is 375 Å². The first-order valence-corrected chi connectivity index (χ1v) is 22.5. The van der Waals surface area contributed by atoms with Gasteiger partial charge in [-0.25, -0.2) is 15.0 Å². The lowest BCUT2D eigenvalue weighted by molar-refractivity contribution is 0.668. The van der Waals surface area contributed by atoms with Gasteiger partial charge in [-0.3, -0.25) is 0 Å². The van der Waals surface area contributed by atoms with Gasteiger partial charge in [0.05, 0.1) is 0 Å². The lowest BCUT2D eigenvalue weighted by Crippen LogP contribution is -2.00. The Morgan fingerprint density at radius 2 is 0.815 bits per heavy atom. The van der Waals surface area contributed by atoms with Crippen LogP contribution in [-0.4, -0.2) is 15.0 Å². The largest absolute Gasteiger partial charge is 0.456 e. The van der Waals surface area contributed by atoms with Crippen molar-refractivity contribution in [2.45, 2.75) is 0 Å². The third-order valence-corrected chi connectivity index (χ3v) is 14.0. The van der Waals surface area contributed by atoms with Crippen molar-refractivity contribution < 1.29 is 8.83 Å². The lowest BCUT2D eigenvalue weighted by Gasteiger charge is -2.11. The highest BCUT2D eigenvalue weighted by atomic mass is 32.1. The molecule has 4 heterocycles. The molecule has 0 saturated carbocycles. The predicted octanol–water partition coefficient (Wildman–Crippen LogP) is 16.7. The average molecular weight is 848 g/mol. The van der Waals surface area contributed by atoms with Gasteiger partial charge in [-0.15, -0.1) is 11.3 Å². The molecule has 5 nitrogen and oxygen atoms in total. The molecular formula is C59H33N3O2S. The first-order valence-electron chi connectivity index (χ1n) is 21.7. The molecule has 0 bridgehead atoms. The van der Waals surface area contributed by atoms with Crippen LogP contribution < -0.4 is 0 Å². The van der Waals surface area contributed by atoms with E-state index in [2.05, 4.69) is 176 Å². The summed E-state index contributed by atoms with van der Waals surface area (Å²) in [5.41, 5.74) is 10.7. The number of aromatic nitrogens is 3. The van der Waals surface area contributed by atoms with Crippen LogP contribution in [0.5, 0.6) is 0 Å². The van der Waals surface area contributed by atoms with Gasteiger partial charge in [0.15, 0.2) is 17.5 Å². The highest BCUT2D eigenvalue weighted by molar-refractivity contribution is 7.25. The Balaban J connectivity index is 0.863. The maximum absolute atomic E-state index is 6.48. The summed E-state index contributed by atoms with van der Waals surface area (Å²) in [6.07, 6.45) is 0. The molecule has 0 aliphatic carbocycles. The second kappa shape index (κ2) is 14.0. The maximum Gasteiger partial charge on any atom is 0.164 e. The number of nitrogens with zero attached hydrogens (tertiary/aromatic N) is 3. The molecule has 0 radical (unpaired) electrons. The summed E-state index contributed by atoms with van der Waals surface area (Å²) < 4.78 is 15.4. The van der Waals surface area contributed by atoms with Crippen LogP contribution in [0.1, 0.15) is 0 Å². The number of benzene rings is 10. The molecule has 65 heavy (non-hydrogen) atoms. The molecule has 0 aliphatic heterocycles. The van der Waals surface area contributed by atoms with Crippen molar-refractivity contribution in [2.75, 3.05) is 0 Å². The normalized spacial score (nSPS) is 12.0. The van der Waals surface area contributed by atoms with E-state index in [9.17, 15) is 0 Å². The molecule has 4 aromatic heterocycles. The number of hydrogen-bond acceptors (Lipinski definition) is 6. The second-order valence-corrected chi connectivity index (χ2v) is 17.8. The molecule has 0 unspecified atom stereocenters. The number of rotatable bonds is 5. The van der Waals surface area contributed by atoms with Gasteiger partial charge in [0, 0.05) is 58.4 Å². The fraction of sp³-hybridized carbons (Fsp3) is 0. The van der Waals surface area contributed by atoms with E-state index in [4.69, 9.17) is 23.8 Å². The van der Waals surface area contributed by atoms with Crippen LogP contribution in [-0.2, 0) is 0 Å². The summed E-state index contributed by atoms with van der Waals surface area (Å²) in [4.78, 5) is 15.4. The summed E-state index contributed by atoms with van der Waals surface area (Å²) in [5.74, 6) is 1.80. The van der Waals surface area contributed by atoms with E-state index in [0.717, 1.165) is 93.2 Å². The third-order valence-electron chi connectivity index (χ3n) is 12.9. The van der Waals surface area contributed by atoms with E-state index in [1.54, 1.807) is 0 Å². The van der Waals surface area contributed by atoms with Crippen LogP contribution in [0.4, 0.5) is 0 Å². The number of hydrogen-bond donors (Lipinski definition) is 0. The molecule has 0 atom stereocenters. The molecule has 6 heteroatoms. The molecular weight excluding hydrogens is 815 g/mol. The first kappa shape index (κ1) is 36.1. The lowest BCUT2D eigenvalue weighted by atomic mass is 9.95. The standard InChI is InChI=1S/C59H33N3O2S/c1-2-9-35-29-41(20-16-34(35)8-1)57-60-58(62-59(61-57)43-23-25-46-45-10-3-5-13-50(45)64-53(46)32-43)42-21-18-36-28-40(19-17-37(36)30-42)44-12-7-14-52-56(44)49-31-38(24-27-51(49)63-52)39-22-26-48-47-11-4-6-15-54(47)65-55(48)33-39/h1-33H. The zero-order valence-corrected chi connectivity index (χ0v) is 35.4. The van der Waals surface area contributed by atoms with Gasteiger partial charge in [0.2, 0.25) is 0 Å². The quantitative estimate of drug-likeness (QED) is 0.173. The topological polar surface area (TPSA) is 65.0 Å². The molecule has 0 spiro atoms. The summed E-state index contributed by atoms with van der Waals surface area (Å²) >= 11 is 1.85. The number of fused-ring (bicyclic) bond motifs is 11. The minimum absolute atomic E-state index is 0.584. The van der Waals surface area contributed by atoms with Crippen molar-refractivity contribution in [1.82, 2.24) is 15.0 Å². The number of thiophene rings is 1. The van der Waals surface area contributed by atoms with Gasteiger partial charge in [-0.05, 0) is 111 Å². The van der Waals surface area contributed by atoms with Crippen molar-refractivity contribution in [1.29, 1.82) is 0 Å². The Bertz CT molecular complexity index is 4270. The summed E-state index contributed by atoms with van der Waals surface area (Å²) in [6, 6.07) is 70.6. The van der Waals surface area contributed by atoms with Crippen LogP contribution >= 0.6 is 11.3 Å². The van der Waals surface area contributed by atoms with Crippen molar-refractivity contribution in [2.24, 2.45) is 0 Å². The van der Waals surface area contributed by atoms with E-state index < -0.39 is 0 Å². The van der Waals surface area contributed by atoms with Crippen LogP contribution in [0, 0.1) is 0 Å². The predicted molar refractivity (Wildman–Crippen MR) is 269 cm³/mol. The first-order chi connectivity index (χ1) is 32.1. The van der Waals surface area contributed by atoms with Crippen LogP contribution in [0.15, 0.2) is 209 Å². The third kappa shape index (κ3) is 5.88. The molecule has 10 aromatic carbocycles. The molecule has 0 amide bonds. The molecule has 14 rings (SSSR count). The van der Waals surface area contributed by atoms with Gasteiger partial charge in [-0.1, -0.05) is 133 Å². The zero-order chi connectivity index (χ0) is 42.6. The Morgan fingerprint density at radius 3 is 1.65 bits per heavy atom. The summed E-state index contributed by atoms with van der Waals surface area (Å²) in [5, 5.41) is 11.5. The van der Waals surface area contributed by atoms with Gasteiger partial charge >= 0.3 is 0 Å². The summed E-state index contributed by atoms with van der Waals surface area (Å²) in [6.45, 7) is 0. The smallest absolute Gasteiger partial charge is 0.164 e. The molecule has 302 valence electrons. The minimum atomic E-state index is 0.584. The fourth-order valence-corrected chi connectivity index (χ4v) is 10.8. The highest BCUT2D eigenvalue weighted by Crippen LogP contribution is 2.42.